The van der Waals surface area contributed by atoms with Gasteiger partial charge in [0.05, 0.1) is 0 Å². The molecular formula is C22H17N3O3S. The van der Waals surface area contributed by atoms with Crippen molar-refractivity contribution in [2.24, 2.45) is 0 Å². The lowest BCUT2D eigenvalue weighted by molar-refractivity contribution is -0.125. The van der Waals surface area contributed by atoms with Gasteiger partial charge in [0, 0.05) is 17.4 Å². The molecule has 1 amide bonds. The smallest absolute Gasteiger partial charge is 0.269 e. The minimum absolute atomic E-state index is 0.172. The average Bonchev–Trinajstić information content (AvgIpc) is 3.19. The largest absolute Gasteiger partial charge is 0.485 e. The van der Waals surface area contributed by atoms with Gasteiger partial charge in [-0.05, 0) is 42.8 Å². The highest BCUT2D eigenvalue weighted by molar-refractivity contribution is 7.21. The van der Waals surface area contributed by atoms with E-state index in [2.05, 4.69) is 15.3 Å². The van der Waals surface area contributed by atoms with E-state index in [0.717, 1.165) is 32.2 Å². The van der Waals surface area contributed by atoms with Gasteiger partial charge in [-0.15, -0.1) is 0 Å². The van der Waals surface area contributed by atoms with Crippen molar-refractivity contribution in [3.8, 4) is 22.1 Å². The molecule has 1 N–H and O–H groups in total. The third-order valence-electron chi connectivity index (χ3n) is 4.79. The van der Waals surface area contributed by atoms with E-state index in [-0.39, 0.29) is 12.5 Å². The predicted molar refractivity (Wildman–Crippen MR) is 113 cm³/mol. The summed E-state index contributed by atoms with van der Waals surface area (Å²) >= 11 is 1.53. The molecule has 0 aliphatic carbocycles. The normalized spacial score (nSPS) is 15.3. The van der Waals surface area contributed by atoms with Gasteiger partial charge in [-0.2, -0.15) is 0 Å². The van der Waals surface area contributed by atoms with Gasteiger partial charge < -0.3 is 14.8 Å². The molecule has 3 heterocycles. The molecule has 1 aliphatic heterocycles. The van der Waals surface area contributed by atoms with Gasteiger partial charge in [0.1, 0.15) is 22.0 Å². The summed E-state index contributed by atoms with van der Waals surface area (Å²) in [7, 11) is 0. The zero-order chi connectivity index (χ0) is 19.8. The van der Waals surface area contributed by atoms with Gasteiger partial charge in [-0.3, -0.25) is 4.79 Å². The number of fused-ring (bicyclic) bond motifs is 2. The Kier molecular flexibility index (Phi) is 4.37. The summed E-state index contributed by atoms with van der Waals surface area (Å²) in [5.74, 6) is 0.983. The molecule has 2 aromatic carbocycles. The molecule has 4 aromatic rings. The van der Waals surface area contributed by atoms with E-state index in [1.165, 1.54) is 11.3 Å². The van der Waals surface area contributed by atoms with Crippen LogP contribution >= 0.6 is 11.3 Å². The van der Waals surface area contributed by atoms with E-state index in [9.17, 15) is 4.79 Å². The Balaban J connectivity index is 1.39. The maximum Gasteiger partial charge on any atom is 0.269 e. The zero-order valence-corrected chi connectivity index (χ0v) is 16.4. The number of carbonyl (C=O) groups excluding carboxylic acids is 1. The van der Waals surface area contributed by atoms with Crippen LogP contribution in [0, 0.1) is 6.92 Å². The van der Waals surface area contributed by atoms with Crippen LogP contribution in [0.1, 0.15) is 5.56 Å². The number of nitrogens with one attached hydrogen (secondary N) is 1. The number of rotatable bonds is 3. The van der Waals surface area contributed by atoms with Gasteiger partial charge in [-0.25, -0.2) is 9.97 Å². The van der Waals surface area contributed by atoms with Crippen molar-refractivity contribution in [1.82, 2.24) is 9.97 Å². The molecule has 2 aromatic heterocycles. The van der Waals surface area contributed by atoms with Crippen molar-refractivity contribution >= 4 is 33.3 Å². The number of thiazole rings is 1. The van der Waals surface area contributed by atoms with Crippen molar-refractivity contribution in [2.45, 2.75) is 13.0 Å². The summed E-state index contributed by atoms with van der Waals surface area (Å²) < 4.78 is 11.5. The average molecular weight is 403 g/mol. The standard InChI is InChI=1S/C22H17N3O3S/c1-13-14(21-25-16-8-5-11-23-22(16)29-21)6-4-7-15(13)24-20(26)19-12-27-17-9-2-3-10-18(17)28-19/h2-11,19H,12H2,1H3,(H,24,26). The number of pyridine rings is 1. The molecule has 0 spiro atoms. The van der Waals surface area contributed by atoms with Gasteiger partial charge >= 0.3 is 0 Å². The Hall–Kier alpha value is -3.45. The summed E-state index contributed by atoms with van der Waals surface area (Å²) in [5.41, 5.74) is 3.50. The molecule has 5 rings (SSSR count). The first-order valence-electron chi connectivity index (χ1n) is 9.20. The lowest BCUT2D eigenvalue weighted by Crippen LogP contribution is -2.40. The number of hydrogen-bond acceptors (Lipinski definition) is 6. The highest BCUT2D eigenvalue weighted by Crippen LogP contribution is 2.34. The minimum atomic E-state index is -0.709. The predicted octanol–water partition coefficient (Wildman–Crippen LogP) is 4.45. The number of ether oxygens (including phenoxy) is 2. The summed E-state index contributed by atoms with van der Waals surface area (Å²) in [4.78, 5) is 22.7. The van der Waals surface area contributed by atoms with E-state index in [1.54, 1.807) is 12.3 Å². The monoisotopic (exact) mass is 403 g/mol. The second kappa shape index (κ2) is 7.18. The van der Waals surface area contributed by atoms with Crippen molar-refractivity contribution in [1.29, 1.82) is 0 Å². The number of para-hydroxylation sites is 2. The van der Waals surface area contributed by atoms with Crippen LogP contribution in [0.2, 0.25) is 0 Å². The van der Waals surface area contributed by atoms with Crippen LogP contribution in [-0.4, -0.2) is 28.6 Å². The van der Waals surface area contributed by atoms with Crippen molar-refractivity contribution in [3.63, 3.8) is 0 Å². The lowest BCUT2D eigenvalue weighted by Gasteiger charge is -2.25. The molecule has 29 heavy (non-hydrogen) atoms. The molecule has 1 aliphatic rings. The molecular weight excluding hydrogens is 386 g/mol. The summed E-state index contributed by atoms with van der Waals surface area (Å²) in [5, 5.41) is 3.85. The number of carbonyl (C=O) groups is 1. The van der Waals surface area contributed by atoms with Crippen LogP contribution in [0.25, 0.3) is 20.9 Å². The number of aromatic nitrogens is 2. The maximum absolute atomic E-state index is 12.8. The first-order chi connectivity index (χ1) is 14.2. The van der Waals surface area contributed by atoms with Crippen molar-refractivity contribution < 1.29 is 14.3 Å². The van der Waals surface area contributed by atoms with Crippen LogP contribution in [0.4, 0.5) is 5.69 Å². The Labute approximate surface area is 171 Å². The Morgan fingerprint density at radius 2 is 1.97 bits per heavy atom. The van der Waals surface area contributed by atoms with Gasteiger partial charge in [0.15, 0.2) is 11.5 Å². The quantitative estimate of drug-likeness (QED) is 0.547. The van der Waals surface area contributed by atoms with E-state index in [4.69, 9.17) is 9.47 Å². The molecule has 6 nitrogen and oxygen atoms in total. The molecule has 1 atom stereocenters. The Morgan fingerprint density at radius 3 is 2.83 bits per heavy atom. The van der Waals surface area contributed by atoms with Gasteiger partial charge in [0.25, 0.3) is 5.91 Å². The van der Waals surface area contributed by atoms with E-state index >= 15 is 0 Å². The summed E-state index contributed by atoms with van der Waals surface area (Å²) in [6.07, 6.45) is 1.05. The van der Waals surface area contributed by atoms with E-state index in [0.29, 0.717) is 11.5 Å². The van der Waals surface area contributed by atoms with Crippen molar-refractivity contribution in [2.75, 3.05) is 11.9 Å². The van der Waals surface area contributed by atoms with Crippen LogP contribution in [-0.2, 0) is 4.79 Å². The molecule has 0 saturated carbocycles. The molecule has 144 valence electrons. The first-order valence-corrected chi connectivity index (χ1v) is 10.0. The van der Waals surface area contributed by atoms with E-state index < -0.39 is 6.10 Å². The lowest BCUT2D eigenvalue weighted by atomic mass is 10.1. The fourth-order valence-electron chi connectivity index (χ4n) is 3.25. The Bertz CT molecular complexity index is 1190. The van der Waals surface area contributed by atoms with Gasteiger partial charge in [-0.1, -0.05) is 35.6 Å². The molecule has 0 saturated heterocycles. The van der Waals surface area contributed by atoms with Crippen LogP contribution < -0.4 is 14.8 Å². The van der Waals surface area contributed by atoms with E-state index in [1.807, 2.05) is 55.5 Å². The fraction of sp³-hybridized carbons (Fsp3) is 0.136. The number of amides is 1. The Morgan fingerprint density at radius 1 is 1.10 bits per heavy atom. The number of nitrogens with zero attached hydrogens (tertiary/aromatic N) is 2. The third kappa shape index (κ3) is 3.30. The third-order valence-corrected chi connectivity index (χ3v) is 5.80. The highest BCUT2D eigenvalue weighted by atomic mass is 32.1. The molecule has 0 bridgehead atoms. The molecule has 1 unspecified atom stereocenters. The summed E-state index contributed by atoms with van der Waals surface area (Å²) in [6.45, 7) is 2.14. The van der Waals surface area contributed by atoms with Crippen LogP contribution in [0.15, 0.2) is 60.8 Å². The molecule has 0 radical (unpaired) electrons. The molecule has 7 heteroatoms. The molecule has 0 fully saturated rings. The SMILES string of the molecule is Cc1c(NC(=O)C2COc3ccccc3O2)cccc1-c1nc2cccnc2s1. The second-order valence-corrected chi connectivity index (χ2v) is 7.66. The van der Waals surface area contributed by atoms with Gasteiger partial charge in [0.2, 0.25) is 6.10 Å². The maximum atomic E-state index is 12.8. The van der Waals surface area contributed by atoms with Crippen molar-refractivity contribution in [3.05, 3.63) is 66.4 Å². The topological polar surface area (TPSA) is 73.3 Å². The number of benzene rings is 2. The number of anilines is 1. The zero-order valence-electron chi connectivity index (χ0n) is 15.6. The van der Waals surface area contributed by atoms with Crippen LogP contribution in [0.3, 0.4) is 0 Å². The minimum Gasteiger partial charge on any atom is -0.485 e. The highest BCUT2D eigenvalue weighted by Gasteiger charge is 2.27. The van der Waals surface area contributed by atoms with Crippen LogP contribution in [0.5, 0.6) is 11.5 Å². The second-order valence-electron chi connectivity index (χ2n) is 6.68. The number of hydrogen-bond donors (Lipinski definition) is 1. The first kappa shape index (κ1) is 17.6. The fourth-order valence-corrected chi connectivity index (χ4v) is 4.24. The summed E-state index contributed by atoms with van der Waals surface area (Å²) in [6, 6.07) is 16.9.